The van der Waals surface area contributed by atoms with Crippen molar-refractivity contribution in [2.75, 3.05) is 45.9 Å². The molecule has 1 saturated heterocycles. The smallest absolute Gasteiger partial charge is 0.343 e. The average Bonchev–Trinajstić information content (AvgIpc) is 3.14. The molecule has 4 rings (SSSR count). The highest BCUT2D eigenvalue weighted by molar-refractivity contribution is 8.18. The fourth-order valence-electron chi connectivity index (χ4n) is 3.39. The van der Waals surface area contributed by atoms with Gasteiger partial charge in [-0.05, 0) is 36.0 Å². The van der Waals surface area contributed by atoms with E-state index < -0.39 is 29.6 Å². The highest BCUT2D eigenvalue weighted by atomic mass is 32.2. The van der Waals surface area contributed by atoms with Crippen LogP contribution in [-0.4, -0.2) is 68.5 Å². The summed E-state index contributed by atoms with van der Waals surface area (Å²) in [5.41, 5.74) is 0.847. The normalized spacial score (nSPS) is 15.6. The van der Waals surface area contributed by atoms with Gasteiger partial charge in [-0.1, -0.05) is 12.1 Å². The van der Waals surface area contributed by atoms with Gasteiger partial charge >= 0.3 is 5.97 Å². The van der Waals surface area contributed by atoms with E-state index in [4.69, 9.17) is 18.9 Å². The van der Waals surface area contributed by atoms with E-state index >= 15 is 0 Å². The van der Waals surface area contributed by atoms with Crippen LogP contribution in [0.25, 0.3) is 6.08 Å². The number of esters is 1. The van der Waals surface area contributed by atoms with Crippen LogP contribution in [0, 0.1) is 0 Å². The van der Waals surface area contributed by atoms with E-state index in [0.29, 0.717) is 53.5 Å². The van der Waals surface area contributed by atoms with Crippen LogP contribution in [0.1, 0.15) is 5.56 Å². The van der Waals surface area contributed by atoms with Crippen LogP contribution < -0.4 is 24.3 Å². The molecule has 0 spiro atoms. The quantitative estimate of drug-likeness (QED) is 0.415. The van der Waals surface area contributed by atoms with Crippen LogP contribution in [0.5, 0.6) is 23.0 Å². The lowest BCUT2D eigenvalue weighted by atomic mass is 10.1. The van der Waals surface area contributed by atoms with E-state index in [0.717, 1.165) is 4.90 Å². The second-order valence-corrected chi connectivity index (χ2v) is 8.41. The number of hydrogen-bond donors (Lipinski definition) is 1. The van der Waals surface area contributed by atoms with Crippen LogP contribution >= 0.6 is 11.8 Å². The van der Waals surface area contributed by atoms with Gasteiger partial charge in [0, 0.05) is 17.3 Å². The first-order valence-electron chi connectivity index (χ1n) is 10.7. The number of fused-ring (bicyclic) bond motifs is 1. The summed E-state index contributed by atoms with van der Waals surface area (Å²) in [6.45, 7) is -0.00417. The second-order valence-electron chi connectivity index (χ2n) is 7.42. The summed E-state index contributed by atoms with van der Waals surface area (Å²) >= 11 is 0.689. The zero-order valence-corrected chi connectivity index (χ0v) is 20.2. The number of nitrogens with zero attached hydrogens (tertiary/aromatic N) is 1. The molecule has 2 aromatic carbocycles. The van der Waals surface area contributed by atoms with Crippen molar-refractivity contribution >= 4 is 46.5 Å². The first-order chi connectivity index (χ1) is 17.4. The molecule has 1 N–H and O–H groups in total. The summed E-state index contributed by atoms with van der Waals surface area (Å²) in [4.78, 5) is 50.5. The summed E-state index contributed by atoms with van der Waals surface area (Å²) in [7, 11) is 2.66. The molecule has 2 aliphatic heterocycles. The molecule has 0 unspecified atom stereocenters. The Hall–Kier alpha value is -4.19. The average molecular weight is 515 g/mol. The van der Waals surface area contributed by atoms with Gasteiger partial charge in [-0.2, -0.15) is 0 Å². The number of nitrogens with one attached hydrogen (secondary N) is 1. The lowest BCUT2D eigenvalue weighted by Gasteiger charge is -2.19. The van der Waals surface area contributed by atoms with Crippen LogP contribution in [-0.2, 0) is 19.1 Å². The van der Waals surface area contributed by atoms with E-state index in [1.807, 2.05) is 0 Å². The highest BCUT2D eigenvalue weighted by Gasteiger charge is 2.36. The first kappa shape index (κ1) is 24.9. The van der Waals surface area contributed by atoms with E-state index in [9.17, 15) is 19.2 Å². The molecule has 2 aliphatic rings. The number of rotatable bonds is 8. The molecule has 0 aromatic heterocycles. The minimum Gasteiger partial charge on any atom is -0.493 e. The highest BCUT2D eigenvalue weighted by Crippen LogP contribution is 2.37. The number of methoxy groups -OCH3 is 2. The monoisotopic (exact) mass is 514 g/mol. The van der Waals surface area contributed by atoms with E-state index in [-0.39, 0.29) is 17.3 Å². The van der Waals surface area contributed by atoms with Gasteiger partial charge in [-0.3, -0.25) is 19.3 Å². The number of ether oxygens (including phenoxy) is 5. The number of thioether (sulfide) groups is 1. The molecule has 3 amide bonds. The number of amides is 3. The van der Waals surface area contributed by atoms with Crippen molar-refractivity contribution < 1.29 is 42.9 Å². The Balaban J connectivity index is 1.47. The summed E-state index contributed by atoms with van der Waals surface area (Å²) in [5, 5.41) is 2.06. The second kappa shape index (κ2) is 11.0. The van der Waals surface area contributed by atoms with E-state index in [1.54, 1.807) is 36.4 Å². The number of carbonyl (C=O) groups is 4. The maximum absolute atomic E-state index is 12.9. The van der Waals surface area contributed by atoms with Crippen molar-refractivity contribution in [2.45, 2.75) is 0 Å². The molecule has 2 heterocycles. The van der Waals surface area contributed by atoms with Crippen LogP contribution in [0.3, 0.4) is 0 Å². The fourth-order valence-corrected chi connectivity index (χ4v) is 4.22. The lowest BCUT2D eigenvalue weighted by molar-refractivity contribution is -0.143. The Kier molecular flexibility index (Phi) is 7.64. The number of para-hydroxylation sites is 1. The molecule has 188 valence electrons. The van der Waals surface area contributed by atoms with Crippen molar-refractivity contribution in [3.8, 4) is 23.0 Å². The minimum absolute atomic E-state index is 0.0864. The summed E-state index contributed by atoms with van der Waals surface area (Å²) in [5.74, 6) is -0.197. The molecule has 12 heteroatoms. The molecular formula is C24H22N2O9S. The SMILES string of the molecule is COC(=O)COc1c(/C=C2/SC(=O)N(CC(=O)Nc3ccc4c(c3)OCCO4)C2=O)cccc1OC. The minimum atomic E-state index is -0.635. The lowest BCUT2D eigenvalue weighted by Crippen LogP contribution is -2.36. The molecule has 1 fully saturated rings. The Bertz CT molecular complexity index is 1240. The molecule has 0 aliphatic carbocycles. The molecular weight excluding hydrogens is 492 g/mol. The predicted octanol–water partition coefficient (Wildman–Crippen LogP) is 2.69. The molecule has 0 saturated carbocycles. The molecule has 11 nitrogen and oxygen atoms in total. The van der Waals surface area contributed by atoms with Gasteiger partial charge in [0.25, 0.3) is 11.1 Å². The third-order valence-corrected chi connectivity index (χ3v) is 5.99. The predicted molar refractivity (Wildman–Crippen MR) is 129 cm³/mol. The number of hydrogen-bond acceptors (Lipinski definition) is 10. The van der Waals surface area contributed by atoms with Crippen molar-refractivity contribution in [1.29, 1.82) is 0 Å². The number of imide groups is 1. The maximum atomic E-state index is 12.9. The molecule has 36 heavy (non-hydrogen) atoms. The number of anilines is 1. The standard InChI is InChI=1S/C24H22N2O9S/c1-31-17-5-3-4-14(22(17)35-13-21(28)32-2)10-19-23(29)26(24(30)36-19)12-20(27)25-15-6-7-16-18(11-15)34-9-8-33-16/h3-7,10-11H,8-9,12-13H2,1-2H3,(H,25,27)/b19-10+. The largest absolute Gasteiger partial charge is 0.493 e. The summed E-state index contributed by atoms with van der Waals surface area (Å²) < 4.78 is 26.4. The Morgan fingerprint density at radius 3 is 2.64 bits per heavy atom. The van der Waals surface area contributed by atoms with Crippen LogP contribution in [0.4, 0.5) is 10.5 Å². The topological polar surface area (TPSA) is 130 Å². The van der Waals surface area contributed by atoms with Gasteiger partial charge in [-0.25, -0.2) is 4.79 Å². The van der Waals surface area contributed by atoms with E-state index in [2.05, 4.69) is 10.1 Å². The number of carbonyl (C=O) groups excluding carboxylic acids is 4. The van der Waals surface area contributed by atoms with Gasteiger partial charge < -0.3 is 29.0 Å². The van der Waals surface area contributed by atoms with Crippen molar-refractivity contribution in [1.82, 2.24) is 4.90 Å². The number of benzene rings is 2. The Morgan fingerprint density at radius 2 is 1.89 bits per heavy atom. The van der Waals surface area contributed by atoms with Gasteiger partial charge in [0.05, 0.1) is 19.1 Å². The van der Waals surface area contributed by atoms with Crippen LogP contribution in [0.2, 0.25) is 0 Å². The molecule has 2 aromatic rings. The van der Waals surface area contributed by atoms with Gasteiger partial charge in [0.15, 0.2) is 29.6 Å². The summed E-state index contributed by atoms with van der Waals surface area (Å²) in [6, 6.07) is 9.84. The van der Waals surface area contributed by atoms with Gasteiger partial charge in [-0.15, -0.1) is 0 Å². The Labute approximate surface area is 210 Å². The van der Waals surface area contributed by atoms with Gasteiger partial charge in [0.2, 0.25) is 5.91 Å². The Morgan fingerprint density at radius 1 is 1.11 bits per heavy atom. The van der Waals surface area contributed by atoms with Crippen molar-refractivity contribution in [2.24, 2.45) is 0 Å². The molecule has 0 atom stereocenters. The zero-order valence-electron chi connectivity index (χ0n) is 19.4. The van der Waals surface area contributed by atoms with Gasteiger partial charge in [0.1, 0.15) is 19.8 Å². The molecule has 0 bridgehead atoms. The van der Waals surface area contributed by atoms with Crippen molar-refractivity contribution in [3.63, 3.8) is 0 Å². The van der Waals surface area contributed by atoms with E-state index in [1.165, 1.54) is 20.3 Å². The van der Waals surface area contributed by atoms with Crippen LogP contribution in [0.15, 0.2) is 41.3 Å². The maximum Gasteiger partial charge on any atom is 0.343 e. The third-order valence-electron chi connectivity index (χ3n) is 5.08. The molecule has 0 radical (unpaired) electrons. The fraction of sp³-hybridized carbons (Fsp3) is 0.250. The zero-order chi connectivity index (χ0) is 25.7. The van der Waals surface area contributed by atoms with Crippen molar-refractivity contribution in [3.05, 3.63) is 46.9 Å². The first-order valence-corrected chi connectivity index (χ1v) is 11.5. The third kappa shape index (κ3) is 5.54. The summed E-state index contributed by atoms with van der Waals surface area (Å²) in [6.07, 6.45) is 1.44.